The van der Waals surface area contributed by atoms with Crippen LogP contribution in [0.15, 0.2) is 24.3 Å². The van der Waals surface area contributed by atoms with Gasteiger partial charge in [-0.3, -0.25) is 4.79 Å². The van der Waals surface area contributed by atoms with E-state index in [0.29, 0.717) is 18.7 Å². The van der Waals surface area contributed by atoms with Crippen LogP contribution >= 0.6 is 12.4 Å². The largest absolute Gasteiger partial charge is 0.435 e. The van der Waals surface area contributed by atoms with Gasteiger partial charge in [0, 0.05) is 31.7 Å². The van der Waals surface area contributed by atoms with Crippen LogP contribution in [-0.4, -0.2) is 43.6 Å². The summed E-state index contributed by atoms with van der Waals surface area (Å²) in [5.74, 6) is -0.0260. The molecule has 0 aromatic heterocycles. The van der Waals surface area contributed by atoms with Crippen LogP contribution in [0, 0.1) is 0 Å². The van der Waals surface area contributed by atoms with Crippen LogP contribution in [0.4, 0.5) is 8.78 Å². The molecule has 4 nitrogen and oxygen atoms in total. The Hall–Kier alpha value is -1.40. The lowest BCUT2D eigenvalue weighted by Gasteiger charge is -2.27. The molecular weight excluding hydrogens is 278 g/mol. The van der Waals surface area contributed by atoms with Gasteiger partial charge in [-0.05, 0) is 24.3 Å². The molecule has 1 aromatic carbocycles. The number of carbonyl (C=O) groups is 1. The van der Waals surface area contributed by atoms with Crippen LogP contribution in [0.3, 0.4) is 0 Å². The third-order valence-electron chi connectivity index (χ3n) is 2.73. The van der Waals surface area contributed by atoms with E-state index >= 15 is 0 Å². The van der Waals surface area contributed by atoms with Gasteiger partial charge in [-0.2, -0.15) is 8.78 Å². The third-order valence-corrected chi connectivity index (χ3v) is 2.73. The number of piperazine rings is 1. The number of benzene rings is 1. The number of amides is 1. The van der Waals surface area contributed by atoms with E-state index in [9.17, 15) is 13.6 Å². The van der Waals surface area contributed by atoms with E-state index in [1.54, 1.807) is 4.90 Å². The number of hydrogen-bond donors (Lipinski definition) is 1. The minimum atomic E-state index is -2.85. The van der Waals surface area contributed by atoms with E-state index < -0.39 is 6.61 Å². The van der Waals surface area contributed by atoms with Gasteiger partial charge in [0.15, 0.2) is 0 Å². The van der Waals surface area contributed by atoms with Crippen molar-refractivity contribution in [3.63, 3.8) is 0 Å². The molecule has 7 heteroatoms. The first-order valence-electron chi connectivity index (χ1n) is 5.71. The molecule has 19 heavy (non-hydrogen) atoms. The van der Waals surface area contributed by atoms with E-state index in [0.717, 1.165) is 13.1 Å². The standard InChI is InChI=1S/C12H14F2N2O2.ClH/c13-12(14)18-10-3-1-9(2-4-10)11(17)16-7-5-15-6-8-16;/h1-4,12,15H,5-8H2;1H. The van der Waals surface area contributed by atoms with Crippen molar-refractivity contribution in [3.05, 3.63) is 29.8 Å². The molecule has 0 bridgehead atoms. The van der Waals surface area contributed by atoms with Gasteiger partial charge in [-0.1, -0.05) is 0 Å². The van der Waals surface area contributed by atoms with Gasteiger partial charge in [0.2, 0.25) is 0 Å². The minimum Gasteiger partial charge on any atom is -0.435 e. The smallest absolute Gasteiger partial charge is 0.387 e. The van der Waals surface area contributed by atoms with Crippen molar-refractivity contribution in [1.82, 2.24) is 10.2 Å². The zero-order chi connectivity index (χ0) is 13.0. The molecule has 1 heterocycles. The molecule has 0 unspecified atom stereocenters. The van der Waals surface area contributed by atoms with Crippen LogP contribution in [0.2, 0.25) is 0 Å². The van der Waals surface area contributed by atoms with Crippen molar-refractivity contribution in [3.8, 4) is 5.75 Å². The van der Waals surface area contributed by atoms with Crippen molar-refractivity contribution in [1.29, 1.82) is 0 Å². The number of nitrogens with zero attached hydrogens (tertiary/aromatic N) is 1. The monoisotopic (exact) mass is 292 g/mol. The van der Waals surface area contributed by atoms with Crippen molar-refractivity contribution >= 4 is 18.3 Å². The molecule has 1 amide bonds. The van der Waals surface area contributed by atoms with Crippen molar-refractivity contribution in [2.24, 2.45) is 0 Å². The quantitative estimate of drug-likeness (QED) is 0.923. The van der Waals surface area contributed by atoms with Gasteiger partial charge in [0.25, 0.3) is 5.91 Å². The van der Waals surface area contributed by atoms with E-state index in [1.807, 2.05) is 0 Å². The Morgan fingerprint density at radius 1 is 1.21 bits per heavy atom. The van der Waals surface area contributed by atoms with E-state index in [1.165, 1.54) is 24.3 Å². The number of ether oxygens (including phenoxy) is 1. The molecule has 106 valence electrons. The van der Waals surface area contributed by atoms with Crippen molar-refractivity contribution < 1.29 is 18.3 Å². The maximum Gasteiger partial charge on any atom is 0.387 e. The molecule has 1 saturated heterocycles. The van der Waals surface area contributed by atoms with E-state index in [4.69, 9.17) is 0 Å². The van der Waals surface area contributed by atoms with Crippen LogP contribution < -0.4 is 10.1 Å². The number of hydrogen-bond acceptors (Lipinski definition) is 3. The molecule has 0 saturated carbocycles. The van der Waals surface area contributed by atoms with Crippen LogP contribution in [0.25, 0.3) is 0 Å². The molecule has 1 aliphatic rings. The summed E-state index contributed by atoms with van der Waals surface area (Å²) >= 11 is 0. The number of halogens is 3. The van der Waals surface area contributed by atoms with Gasteiger partial charge in [0.1, 0.15) is 5.75 Å². The fourth-order valence-corrected chi connectivity index (χ4v) is 1.83. The van der Waals surface area contributed by atoms with Crippen molar-refractivity contribution in [2.45, 2.75) is 6.61 Å². The normalized spacial score (nSPS) is 15.0. The van der Waals surface area contributed by atoms with Crippen molar-refractivity contribution in [2.75, 3.05) is 26.2 Å². The molecule has 1 N–H and O–H groups in total. The average molecular weight is 293 g/mol. The molecule has 1 aliphatic heterocycles. The third kappa shape index (κ3) is 4.33. The highest BCUT2D eigenvalue weighted by Crippen LogP contribution is 2.16. The fraction of sp³-hybridized carbons (Fsp3) is 0.417. The summed E-state index contributed by atoms with van der Waals surface area (Å²) in [4.78, 5) is 13.8. The molecule has 0 spiro atoms. The number of carbonyl (C=O) groups excluding carboxylic acids is 1. The van der Waals surface area contributed by atoms with Gasteiger partial charge in [0.05, 0.1) is 0 Å². The average Bonchev–Trinajstić information content (AvgIpc) is 2.39. The predicted octanol–water partition coefficient (Wildman–Crippen LogP) is 1.76. The summed E-state index contributed by atoms with van der Waals surface area (Å²) in [6.45, 7) is 0.0264. The summed E-state index contributed by atoms with van der Waals surface area (Å²) in [5.41, 5.74) is 0.485. The van der Waals surface area contributed by atoms with Gasteiger partial charge >= 0.3 is 6.61 Å². The Balaban J connectivity index is 0.00000180. The Morgan fingerprint density at radius 2 is 1.79 bits per heavy atom. The van der Waals surface area contributed by atoms with E-state index in [-0.39, 0.29) is 24.1 Å². The van der Waals surface area contributed by atoms with Gasteiger partial charge in [-0.15, -0.1) is 12.4 Å². The molecule has 0 atom stereocenters. The molecule has 0 aliphatic carbocycles. The highest BCUT2D eigenvalue weighted by atomic mass is 35.5. The molecule has 2 rings (SSSR count). The summed E-state index contributed by atoms with van der Waals surface area (Å²) in [6.07, 6.45) is 0. The van der Waals surface area contributed by atoms with E-state index in [2.05, 4.69) is 10.1 Å². The first kappa shape index (κ1) is 15.7. The highest BCUT2D eigenvalue weighted by molar-refractivity contribution is 5.94. The summed E-state index contributed by atoms with van der Waals surface area (Å²) in [5, 5.41) is 3.15. The van der Waals surface area contributed by atoms with Crippen LogP contribution in [0.5, 0.6) is 5.75 Å². The topological polar surface area (TPSA) is 41.6 Å². The second kappa shape index (κ2) is 7.25. The second-order valence-corrected chi connectivity index (χ2v) is 3.95. The minimum absolute atomic E-state index is 0. The molecule has 0 radical (unpaired) electrons. The predicted molar refractivity (Wildman–Crippen MR) is 69.1 cm³/mol. The molecular formula is C12H15ClF2N2O2. The summed E-state index contributed by atoms with van der Waals surface area (Å²) in [7, 11) is 0. The molecule has 1 aromatic rings. The second-order valence-electron chi connectivity index (χ2n) is 3.95. The SMILES string of the molecule is Cl.O=C(c1ccc(OC(F)F)cc1)N1CCNCC1. The number of alkyl halides is 2. The first-order chi connectivity index (χ1) is 8.66. The zero-order valence-electron chi connectivity index (χ0n) is 10.1. The van der Waals surface area contributed by atoms with Gasteiger partial charge < -0.3 is 15.0 Å². The van der Waals surface area contributed by atoms with Gasteiger partial charge in [-0.25, -0.2) is 0 Å². The Kier molecular flexibility index (Phi) is 5.98. The lowest BCUT2D eigenvalue weighted by atomic mass is 10.2. The maximum absolute atomic E-state index is 12.0. The first-order valence-corrected chi connectivity index (χ1v) is 5.71. The fourth-order valence-electron chi connectivity index (χ4n) is 1.83. The van der Waals surface area contributed by atoms with Crippen LogP contribution in [-0.2, 0) is 0 Å². The lowest BCUT2D eigenvalue weighted by Crippen LogP contribution is -2.46. The Labute approximate surface area is 116 Å². The Bertz CT molecular complexity index is 409. The number of rotatable bonds is 3. The highest BCUT2D eigenvalue weighted by Gasteiger charge is 2.17. The molecule has 1 fully saturated rings. The van der Waals surface area contributed by atoms with Crippen LogP contribution in [0.1, 0.15) is 10.4 Å². The number of nitrogens with one attached hydrogen (secondary N) is 1. The summed E-state index contributed by atoms with van der Waals surface area (Å²) < 4.78 is 28.2. The summed E-state index contributed by atoms with van der Waals surface area (Å²) in [6, 6.07) is 5.76. The maximum atomic E-state index is 12.0. The Morgan fingerprint density at radius 3 is 2.32 bits per heavy atom. The lowest BCUT2D eigenvalue weighted by molar-refractivity contribution is -0.0498. The zero-order valence-corrected chi connectivity index (χ0v) is 11.0.